The van der Waals surface area contributed by atoms with Gasteiger partial charge < -0.3 is 9.47 Å². The van der Waals surface area contributed by atoms with Crippen LogP contribution in [0.3, 0.4) is 0 Å². The van der Waals surface area contributed by atoms with Crippen LogP contribution in [0.2, 0.25) is 19.6 Å². The molecule has 0 saturated carbocycles. The lowest BCUT2D eigenvalue weighted by Gasteiger charge is -2.17. The zero-order valence-corrected chi connectivity index (χ0v) is 14.2. The lowest BCUT2D eigenvalue weighted by atomic mass is 10.1. The summed E-state index contributed by atoms with van der Waals surface area (Å²) < 4.78 is 11.0. The highest BCUT2D eigenvalue weighted by Crippen LogP contribution is 2.14. The highest BCUT2D eigenvalue weighted by atomic mass is 28.3. The fourth-order valence-electron chi connectivity index (χ4n) is 1.54. The van der Waals surface area contributed by atoms with Crippen LogP contribution in [0.25, 0.3) is 0 Å². The van der Waals surface area contributed by atoms with Gasteiger partial charge in [-0.3, -0.25) is 0 Å². The predicted octanol–water partition coefficient (Wildman–Crippen LogP) is 3.93. The molecule has 0 spiro atoms. The van der Waals surface area contributed by atoms with Gasteiger partial charge in [0, 0.05) is 0 Å². The van der Waals surface area contributed by atoms with Crippen LogP contribution >= 0.6 is 0 Å². The molecule has 1 radical (unpaired) electrons. The first-order valence-electron chi connectivity index (χ1n) is 6.92. The van der Waals surface area contributed by atoms with E-state index in [9.17, 15) is 0 Å². The number of ether oxygens (including phenoxy) is 2. The second-order valence-corrected chi connectivity index (χ2v) is 10.8. The molecule has 2 nitrogen and oxygen atoms in total. The summed E-state index contributed by atoms with van der Waals surface area (Å²) in [6.07, 6.45) is -0.108. The van der Waals surface area contributed by atoms with E-state index in [1.54, 1.807) is 7.11 Å². The molecule has 1 rings (SSSR count). The summed E-state index contributed by atoms with van der Waals surface area (Å²) in [5.41, 5.74) is 4.48. The Hall–Kier alpha value is -1.24. The van der Waals surface area contributed by atoms with Crippen LogP contribution in [0.4, 0.5) is 0 Å². The highest BCUT2D eigenvalue weighted by Gasteiger charge is 2.13. The molecular weight excluding hydrogens is 264 g/mol. The van der Waals surface area contributed by atoms with E-state index in [1.165, 1.54) is 0 Å². The SMILES string of the molecule is [CH2][C@@H](C)[C@@H](C#C[Si](C)(C)C)OCc1ccc(OC)cc1. The number of hydrogen-bond donors (Lipinski definition) is 0. The molecule has 0 amide bonds. The van der Waals surface area contributed by atoms with E-state index in [2.05, 4.69) is 38.0 Å². The van der Waals surface area contributed by atoms with Crippen molar-refractivity contribution in [3.8, 4) is 17.2 Å². The quantitative estimate of drug-likeness (QED) is 0.604. The van der Waals surface area contributed by atoms with Crippen LogP contribution in [0.15, 0.2) is 24.3 Å². The normalized spacial score (nSPS) is 12.8. The second-order valence-electron chi connectivity index (χ2n) is 6.08. The molecule has 20 heavy (non-hydrogen) atoms. The molecule has 1 aromatic carbocycles. The molecule has 0 N–H and O–H groups in total. The van der Waals surface area contributed by atoms with Crippen molar-refractivity contribution in [1.82, 2.24) is 0 Å². The van der Waals surface area contributed by atoms with Gasteiger partial charge >= 0.3 is 0 Å². The van der Waals surface area contributed by atoms with E-state index >= 15 is 0 Å². The van der Waals surface area contributed by atoms with Gasteiger partial charge in [-0.05, 0) is 30.5 Å². The minimum absolute atomic E-state index is 0.108. The molecule has 1 aromatic rings. The van der Waals surface area contributed by atoms with Crippen LogP contribution in [0.1, 0.15) is 12.5 Å². The summed E-state index contributed by atoms with van der Waals surface area (Å²) in [6, 6.07) is 7.90. The minimum atomic E-state index is -1.37. The van der Waals surface area contributed by atoms with E-state index in [0.29, 0.717) is 6.61 Å². The van der Waals surface area contributed by atoms with Gasteiger partial charge in [0.1, 0.15) is 19.9 Å². The van der Waals surface area contributed by atoms with Crippen LogP contribution in [-0.2, 0) is 11.3 Å². The van der Waals surface area contributed by atoms with Crippen molar-refractivity contribution < 1.29 is 9.47 Å². The Bertz CT molecular complexity index is 460. The van der Waals surface area contributed by atoms with Crippen molar-refractivity contribution in [2.24, 2.45) is 5.92 Å². The Labute approximate surface area is 124 Å². The monoisotopic (exact) mass is 289 g/mol. The summed E-state index contributed by atoms with van der Waals surface area (Å²) in [7, 11) is 0.293. The lowest BCUT2D eigenvalue weighted by molar-refractivity contribution is 0.0558. The van der Waals surface area contributed by atoms with Crippen LogP contribution in [0, 0.1) is 24.3 Å². The molecule has 0 aliphatic heterocycles. The van der Waals surface area contributed by atoms with Gasteiger partial charge in [-0.2, -0.15) is 0 Å². The van der Waals surface area contributed by atoms with E-state index in [1.807, 2.05) is 31.2 Å². The zero-order valence-electron chi connectivity index (χ0n) is 13.2. The van der Waals surface area contributed by atoms with E-state index in [0.717, 1.165) is 11.3 Å². The minimum Gasteiger partial charge on any atom is -0.497 e. The van der Waals surface area contributed by atoms with Crippen LogP contribution < -0.4 is 4.74 Å². The summed E-state index contributed by atoms with van der Waals surface area (Å²) in [5, 5.41) is 0. The maximum Gasteiger partial charge on any atom is 0.129 e. The highest BCUT2D eigenvalue weighted by molar-refractivity contribution is 6.83. The zero-order chi connectivity index (χ0) is 15.2. The van der Waals surface area contributed by atoms with Crippen molar-refractivity contribution in [3.63, 3.8) is 0 Å². The maximum absolute atomic E-state index is 5.90. The van der Waals surface area contributed by atoms with E-state index in [-0.39, 0.29) is 12.0 Å². The predicted molar refractivity (Wildman–Crippen MR) is 87.2 cm³/mol. The largest absolute Gasteiger partial charge is 0.497 e. The molecule has 109 valence electrons. The first kappa shape index (κ1) is 16.8. The average Bonchev–Trinajstić information content (AvgIpc) is 2.37. The smallest absolute Gasteiger partial charge is 0.129 e. The molecule has 2 atom stereocenters. The Kier molecular flexibility index (Phi) is 6.32. The van der Waals surface area contributed by atoms with Gasteiger partial charge in [-0.15, -0.1) is 5.54 Å². The molecule has 0 aliphatic carbocycles. The molecular formula is C17H25O2Si. The van der Waals surface area contributed by atoms with Gasteiger partial charge in [0.2, 0.25) is 0 Å². The van der Waals surface area contributed by atoms with Crippen molar-refractivity contribution >= 4 is 8.07 Å². The molecule has 3 heteroatoms. The van der Waals surface area contributed by atoms with Gasteiger partial charge in [0.25, 0.3) is 0 Å². The number of methoxy groups -OCH3 is 1. The summed E-state index contributed by atoms with van der Waals surface area (Å²) in [5.74, 6) is 4.26. The standard InChI is InChI=1S/C17H25O2Si/c1-14(2)17(11-12-20(4,5)6)19-13-15-7-9-16(18-3)10-8-15/h7-10,14,17H,1,13H2,2-6H3/t14-,17+/m0/s1. The number of rotatable bonds is 5. The van der Waals surface area contributed by atoms with Gasteiger partial charge in [-0.1, -0.05) is 44.6 Å². The number of benzene rings is 1. The summed E-state index contributed by atoms with van der Waals surface area (Å²) >= 11 is 0. The topological polar surface area (TPSA) is 18.5 Å². The van der Waals surface area contributed by atoms with Crippen molar-refractivity contribution in [2.45, 2.75) is 39.3 Å². The van der Waals surface area contributed by atoms with Crippen molar-refractivity contribution in [1.29, 1.82) is 0 Å². The summed E-state index contributed by atoms with van der Waals surface area (Å²) in [6.45, 7) is 13.3. The van der Waals surface area contributed by atoms with Crippen molar-refractivity contribution in [2.75, 3.05) is 7.11 Å². The van der Waals surface area contributed by atoms with Gasteiger partial charge in [0.15, 0.2) is 0 Å². The third-order valence-corrected chi connectivity index (χ3v) is 3.59. The van der Waals surface area contributed by atoms with Crippen LogP contribution in [-0.4, -0.2) is 21.3 Å². The van der Waals surface area contributed by atoms with Crippen molar-refractivity contribution in [3.05, 3.63) is 36.8 Å². The second kappa shape index (κ2) is 7.52. The van der Waals surface area contributed by atoms with E-state index in [4.69, 9.17) is 9.47 Å². The molecule has 0 unspecified atom stereocenters. The Morgan fingerprint density at radius 1 is 1.20 bits per heavy atom. The Morgan fingerprint density at radius 3 is 2.25 bits per heavy atom. The molecule has 0 heterocycles. The fraction of sp³-hybridized carbons (Fsp3) is 0.471. The first-order chi connectivity index (χ1) is 9.31. The fourth-order valence-corrected chi connectivity index (χ4v) is 2.12. The first-order valence-corrected chi connectivity index (χ1v) is 10.4. The molecule has 0 saturated heterocycles. The maximum atomic E-state index is 5.90. The van der Waals surface area contributed by atoms with Gasteiger partial charge in [-0.25, -0.2) is 0 Å². The Morgan fingerprint density at radius 2 is 1.80 bits per heavy atom. The third kappa shape index (κ3) is 6.27. The molecule has 0 aromatic heterocycles. The van der Waals surface area contributed by atoms with Crippen LogP contribution in [0.5, 0.6) is 5.75 Å². The number of hydrogen-bond acceptors (Lipinski definition) is 2. The lowest BCUT2D eigenvalue weighted by Crippen LogP contribution is -2.22. The summed E-state index contributed by atoms with van der Waals surface area (Å²) in [4.78, 5) is 0. The third-order valence-electron chi connectivity index (χ3n) is 2.69. The average molecular weight is 289 g/mol. The molecule has 0 bridgehead atoms. The van der Waals surface area contributed by atoms with E-state index < -0.39 is 8.07 Å². The molecule has 0 aliphatic rings. The molecule has 0 fully saturated rings. The van der Waals surface area contributed by atoms with Gasteiger partial charge in [0.05, 0.1) is 13.7 Å². The Balaban J connectivity index is 2.64.